The lowest BCUT2D eigenvalue weighted by atomic mass is 9.93. The van der Waals surface area contributed by atoms with E-state index in [0.29, 0.717) is 6.54 Å². The van der Waals surface area contributed by atoms with Gasteiger partial charge >= 0.3 is 0 Å². The van der Waals surface area contributed by atoms with Gasteiger partial charge in [-0.3, -0.25) is 14.7 Å². The fourth-order valence-corrected chi connectivity index (χ4v) is 4.60. The van der Waals surface area contributed by atoms with Gasteiger partial charge in [-0.2, -0.15) is 4.31 Å². The lowest BCUT2D eigenvalue weighted by Crippen LogP contribution is -2.72. The predicted octanol–water partition coefficient (Wildman–Crippen LogP) is -1.10. The molecule has 9 heteroatoms. The van der Waals surface area contributed by atoms with Crippen LogP contribution >= 0.6 is 0 Å². The number of hydrogen-bond acceptors (Lipinski definition) is 6. The van der Waals surface area contributed by atoms with Crippen LogP contribution in [0.2, 0.25) is 0 Å². The second-order valence-electron chi connectivity index (χ2n) is 6.00. The van der Waals surface area contributed by atoms with E-state index >= 15 is 0 Å². The zero-order valence-electron chi connectivity index (χ0n) is 13.1. The van der Waals surface area contributed by atoms with Gasteiger partial charge in [0.05, 0.1) is 6.61 Å². The third kappa shape index (κ3) is 2.85. The average Bonchev–Trinajstić information content (AvgIpc) is 2.52. The van der Waals surface area contributed by atoms with Gasteiger partial charge < -0.3 is 10.1 Å². The summed E-state index contributed by atoms with van der Waals surface area (Å²) < 4.78 is 32.2. The molecule has 0 saturated carbocycles. The summed E-state index contributed by atoms with van der Waals surface area (Å²) in [5.41, 5.74) is -0.533. The minimum absolute atomic E-state index is 0.0958. The highest BCUT2D eigenvalue weighted by Crippen LogP contribution is 2.34. The molecule has 1 aromatic heterocycles. The number of carbonyl (C=O) groups excluding carboxylic acids is 1. The first-order valence-electron chi connectivity index (χ1n) is 7.34. The van der Waals surface area contributed by atoms with E-state index in [2.05, 4.69) is 10.3 Å². The summed E-state index contributed by atoms with van der Waals surface area (Å²) in [4.78, 5) is 17.7. The molecular weight excluding hydrogens is 320 g/mol. The quantitative estimate of drug-likeness (QED) is 0.751. The van der Waals surface area contributed by atoms with Gasteiger partial charge in [0.1, 0.15) is 16.5 Å². The molecule has 1 atom stereocenters. The summed E-state index contributed by atoms with van der Waals surface area (Å²) in [6.07, 6.45) is 2.88. The fraction of sp³-hybridized carbons (Fsp3) is 0.571. The first kappa shape index (κ1) is 16.3. The van der Waals surface area contributed by atoms with Crippen LogP contribution in [0.25, 0.3) is 0 Å². The van der Waals surface area contributed by atoms with Crippen molar-refractivity contribution in [2.45, 2.75) is 16.5 Å². The summed E-state index contributed by atoms with van der Waals surface area (Å²) in [5.74, 6) is -0.0958. The molecule has 8 nitrogen and oxygen atoms in total. The Morgan fingerprint density at radius 2 is 2.17 bits per heavy atom. The van der Waals surface area contributed by atoms with Gasteiger partial charge in [-0.25, -0.2) is 8.42 Å². The van der Waals surface area contributed by atoms with Crippen LogP contribution in [0.5, 0.6) is 0 Å². The summed E-state index contributed by atoms with van der Waals surface area (Å²) in [6.45, 7) is 1.35. The number of morpholine rings is 1. The molecule has 3 rings (SSSR count). The normalized spacial score (nSPS) is 25.0. The monoisotopic (exact) mass is 340 g/mol. The van der Waals surface area contributed by atoms with E-state index in [9.17, 15) is 13.2 Å². The maximum absolute atomic E-state index is 12.5. The third-order valence-electron chi connectivity index (χ3n) is 4.37. The highest BCUT2D eigenvalue weighted by molar-refractivity contribution is 7.89. The van der Waals surface area contributed by atoms with Crippen LogP contribution < -0.4 is 5.32 Å². The Kier molecular flexibility index (Phi) is 4.13. The molecule has 0 aliphatic carbocycles. The molecule has 1 amide bonds. The van der Waals surface area contributed by atoms with E-state index in [1.807, 2.05) is 11.9 Å². The van der Waals surface area contributed by atoms with E-state index in [1.165, 1.54) is 22.8 Å². The van der Waals surface area contributed by atoms with Crippen LogP contribution in [0, 0.1) is 0 Å². The number of nitrogens with zero attached hydrogens (tertiary/aromatic N) is 3. The molecule has 2 aliphatic rings. The zero-order valence-corrected chi connectivity index (χ0v) is 13.9. The van der Waals surface area contributed by atoms with Crippen molar-refractivity contribution in [3.8, 4) is 0 Å². The Balaban J connectivity index is 1.66. The lowest BCUT2D eigenvalue weighted by Gasteiger charge is -2.53. The Bertz CT molecular complexity index is 688. The number of pyridine rings is 1. The highest BCUT2D eigenvalue weighted by Gasteiger charge is 2.53. The number of ether oxygens (including phenoxy) is 1. The lowest BCUT2D eigenvalue weighted by molar-refractivity contribution is -0.180. The number of sulfonamides is 1. The number of amides is 1. The SMILES string of the molecule is CNC(=O)[C@H]1COC2(CN1C)CN(S(=O)(=O)c1cccnc1)C2. The van der Waals surface area contributed by atoms with Gasteiger partial charge in [-0.15, -0.1) is 0 Å². The number of carbonyl (C=O) groups is 1. The molecule has 0 unspecified atom stereocenters. The molecule has 1 aromatic rings. The second kappa shape index (κ2) is 5.82. The number of hydrogen-bond donors (Lipinski definition) is 1. The van der Waals surface area contributed by atoms with Crippen molar-refractivity contribution in [3.05, 3.63) is 24.5 Å². The summed E-state index contributed by atoms with van der Waals surface area (Å²) in [5, 5.41) is 2.61. The zero-order chi connectivity index (χ0) is 16.7. The van der Waals surface area contributed by atoms with Gasteiger partial charge in [0, 0.05) is 39.1 Å². The standard InChI is InChI=1S/C14H20N4O4S/c1-15-13(19)12-7-22-14(8-17(12)2)9-18(10-14)23(20,21)11-4-3-5-16-6-11/h3-6,12H,7-10H2,1-2H3,(H,15,19)/t12-/m1/s1. The van der Waals surface area contributed by atoms with Crippen molar-refractivity contribution >= 4 is 15.9 Å². The molecule has 0 aromatic carbocycles. The van der Waals surface area contributed by atoms with E-state index in [1.54, 1.807) is 13.1 Å². The minimum atomic E-state index is -3.54. The van der Waals surface area contributed by atoms with E-state index in [4.69, 9.17) is 4.74 Å². The van der Waals surface area contributed by atoms with Gasteiger partial charge in [0.2, 0.25) is 15.9 Å². The molecular formula is C14H20N4O4S. The number of aromatic nitrogens is 1. The molecule has 2 fully saturated rings. The average molecular weight is 340 g/mol. The summed E-state index contributed by atoms with van der Waals surface area (Å²) in [6, 6.07) is 2.79. The van der Waals surface area contributed by atoms with E-state index in [0.717, 1.165) is 0 Å². The fourth-order valence-electron chi connectivity index (χ4n) is 3.04. The molecule has 1 N–H and O–H groups in total. The molecule has 3 heterocycles. The van der Waals surface area contributed by atoms with Crippen LogP contribution in [0.4, 0.5) is 0 Å². The molecule has 0 bridgehead atoms. The number of rotatable bonds is 3. The largest absolute Gasteiger partial charge is 0.369 e. The third-order valence-corrected chi connectivity index (χ3v) is 6.14. The van der Waals surface area contributed by atoms with Crippen molar-refractivity contribution in [3.63, 3.8) is 0 Å². The van der Waals surface area contributed by atoms with Gasteiger partial charge in [0.15, 0.2) is 0 Å². The maximum Gasteiger partial charge on any atom is 0.244 e. The van der Waals surface area contributed by atoms with Gasteiger partial charge in [0.25, 0.3) is 0 Å². The minimum Gasteiger partial charge on any atom is -0.369 e. The van der Waals surface area contributed by atoms with Crippen molar-refractivity contribution in [1.82, 2.24) is 19.5 Å². The van der Waals surface area contributed by atoms with Gasteiger partial charge in [-0.05, 0) is 19.2 Å². The predicted molar refractivity (Wildman–Crippen MR) is 82.2 cm³/mol. The van der Waals surface area contributed by atoms with Gasteiger partial charge in [-0.1, -0.05) is 0 Å². The molecule has 2 aliphatic heterocycles. The van der Waals surface area contributed by atoms with E-state index in [-0.39, 0.29) is 36.5 Å². The van der Waals surface area contributed by atoms with Crippen LogP contribution in [-0.2, 0) is 19.6 Å². The van der Waals surface area contributed by atoms with Crippen molar-refractivity contribution < 1.29 is 17.9 Å². The Labute approximate surface area is 135 Å². The second-order valence-corrected chi connectivity index (χ2v) is 7.94. The van der Waals surface area contributed by atoms with Crippen LogP contribution in [-0.4, -0.2) is 80.5 Å². The molecule has 2 saturated heterocycles. The first-order chi connectivity index (χ1) is 10.9. The number of nitrogens with one attached hydrogen (secondary N) is 1. The molecule has 126 valence electrons. The van der Waals surface area contributed by atoms with Crippen LogP contribution in [0.3, 0.4) is 0 Å². The molecule has 23 heavy (non-hydrogen) atoms. The molecule has 1 spiro atoms. The number of likely N-dealkylation sites (N-methyl/N-ethyl adjacent to an activating group) is 2. The van der Waals surface area contributed by atoms with Crippen LogP contribution in [0.1, 0.15) is 0 Å². The van der Waals surface area contributed by atoms with Crippen molar-refractivity contribution in [1.29, 1.82) is 0 Å². The van der Waals surface area contributed by atoms with E-state index < -0.39 is 15.6 Å². The molecule has 0 radical (unpaired) electrons. The summed E-state index contributed by atoms with van der Waals surface area (Å²) >= 11 is 0. The topological polar surface area (TPSA) is 91.8 Å². The summed E-state index contributed by atoms with van der Waals surface area (Å²) in [7, 11) is -0.0975. The van der Waals surface area contributed by atoms with Crippen LogP contribution in [0.15, 0.2) is 29.4 Å². The maximum atomic E-state index is 12.5. The first-order valence-corrected chi connectivity index (χ1v) is 8.78. The Morgan fingerprint density at radius 3 is 2.74 bits per heavy atom. The smallest absolute Gasteiger partial charge is 0.244 e. The highest BCUT2D eigenvalue weighted by atomic mass is 32.2. The Morgan fingerprint density at radius 1 is 1.43 bits per heavy atom. The van der Waals surface area contributed by atoms with Crippen molar-refractivity contribution in [2.24, 2.45) is 0 Å². The Hall–Kier alpha value is -1.55. The van der Waals surface area contributed by atoms with Crippen molar-refractivity contribution in [2.75, 3.05) is 40.3 Å².